The Labute approximate surface area is 170 Å². The first-order valence-corrected chi connectivity index (χ1v) is 9.92. The van der Waals surface area contributed by atoms with Crippen molar-refractivity contribution in [2.24, 2.45) is 0 Å². The molecule has 0 fully saturated rings. The van der Waals surface area contributed by atoms with Crippen LogP contribution in [0.1, 0.15) is 51.3 Å². The van der Waals surface area contributed by atoms with Crippen LogP contribution in [0, 0.1) is 13.8 Å². The largest absolute Gasteiger partial charge is 0.469 e. The molecule has 0 radical (unpaired) electrons. The predicted octanol–water partition coefficient (Wildman–Crippen LogP) is 3.13. The molecular weight excluding hydrogens is 370 g/mol. The van der Waals surface area contributed by atoms with Gasteiger partial charge in [-0.1, -0.05) is 18.2 Å². The van der Waals surface area contributed by atoms with E-state index in [4.69, 9.17) is 4.74 Å². The number of fused-ring (bicyclic) bond motifs is 1. The number of carbonyl (C=O) groups is 3. The Hall–Kier alpha value is -2.89. The van der Waals surface area contributed by atoms with E-state index in [-0.39, 0.29) is 31.2 Å². The zero-order valence-corrected chi connectivity index (χ0v) is 17.2. The summed E-state index contributed by atoms with van der Waals surface area (Å²) >= 11 is 0. The molecule has 1 heterocycles. The molecule has 29 heavy (non-hydrogen) atoms. The molecule has 2 aromatic rings. The minimum absolute atomic E-state index is 0.165. The average Bonchev–Trinajstić information content (AvgIpc) is 3.28. The van der Waals surface area contributed by atoms with Crippen molar-refractivity contribution >= 4 is 17.7 Å². The molecule has 1 aliphatic rings. The van der Waals surface area contributed by atoms with E-state index in [1.807, 2.05) is 24.5 Å². The fourth-order valence-electron chi connectivity index (χ4n) is 3.91. The lowest BCUT2D eigenvalue weighted by Crippen LogP contribution is -2.16. The summed E-state index contributed by atoms with van der Waals surface area (Å²) in [5.74, 6) is -0.952. The molecule has 0 saturated carbocycles. The van der Waals surface area contributed by atoms with Crippen LogP contribution in [0.15, 0.2) is 24.3 Å². The molecule has 0 unspecified atom stereocenters. The van der Waals surface area contributed by atoms with Gasteiger partial charge >= 0.3 is 11.9 Å². The van der Waals surface area contributed by atoms with E-state index in [1.54, 1.807) is 6.07 Å². The van der Waals surface area contributed by atoms with Crippen LogP contribution >= 0.6 is 0 Å². The third kappa shape index (κ3) is 4.94. The van der Waals surface area contributed by atoms with E-state index in [2.05, 4.69) is 16.9 Å². The summed E-state index contributed by atoms with van der Waals surface area (Å²) in [4.78, 5) is 36.1. The Morgan fingerprint density at radius 3 is 2.55 bits per heavy atom. The average molecular weight is 397 g/mol. The van der Waals surface area contributed by atoms with E-state index in [9.17, 15) is 14.4 Å². The lowest BCUT2D eigenvalue weighted by molar-refractivity contribution is -0.142. The zero-order chi connectivity index (χ0) is 21.0. The molecule has 154 valence electrons. The maximum absolute atomic E-state index is 12.6. The molecule has 6 nitrogen and oxygen atoms in total. The standard InChI is InChI=1S/C23H27NO5/c1-15-11-20(16(2)24(15)10-9-22(26)28-3)21(25)14-29-23(27)13-17-7-8-18-5-4-6-19(18)12-17/h7-8,11-12H,4-6,9-10,13-14H2,1-3H3. The van der Waals surface area contributed by atoms with Gasteiger partial charge in [-0.25, -0.2) is 0 Å². The third-order valence-corrected chi connectivity index (χ3v) is 5.52. The topological polar surface area (TPSA) is 74.6 Å². The predicted molar refractivity (Wildman–Crippen MR) is 108 cm³/mol. The summed E-state index contributed by atoms with van der Waals surface area (Å²) < 4.78 is 11.8. The lowest BCUT2D eigenvalue weighted by Gasteiger charge is -2.09. The number of rotatable bonds is 8. The summed E-state index contributed by atoms with van der Waals surface area (Å²) in [6.45, 7) is 3.85. The molecule has 0 atom stereocenters. The van der Waals surface area contributed by atoms with Gasteiger partial charge in [0.05, 0.1) is 20.0 Å². The van der Waals surface area contributed by atoms with Crippen LogP contribution in [-0.2, 0) is 44.9 Å². The summed E-state index contributed by atoms with van der Waals surface area (Å²) in [5, 5.41) is 0. The smallest absolute Gasteiger partial charge is 0.310 e. The molecule has 0 spiro atoms. The van der Waals surface area contributed by atoms with Gasteiger partial charge in [0.2, 0.25) is 5.78 Å². The number of methoxy groups -OCH3 is 1. The van der Waals surface area contributed by atoms with E-state index in [0.29, 0.717) is 12.1 Å². The maximum Gasteiger partial charge on any atom is 0.310 e. The Morgan fingerprint density at radius 1 is 1.03 bits per heavy atom. The molecule has 0 bridgehead atoms. The van der Waals surface area contributed by atoms with E-state index in [1.165, 1.54) is 18.2 Å². The molecule has 3 rings (SSSR count). The highest BCUT2D eigenvalue weighted by atomic mass is 16.5. The fraction of sp³-hybridized carbons (Fsp3) is 0.435. The highest BCUT2D eigenvalue weighted by molar-refractivity contribution is 5.99. The van der Waals surface area contributed by atoms with Crippen molar-refractivity contribution in [2.75, 3.05) is 13.7 Å². The van der Waals surface area contributed by atoms with Gasteiger partial charge in [0.15, 0.2) is 6.61 Å². The number of benzene rings is 1. The molecule has 0 saturated heterocycles. The Morgan fingerprint density at radius 2 is 1.79 bits per heavy atom. The monoisotopic (exact) mass is 397 g/mol. The number of aromatic nitrogens is 1. The minimum Gasteiger partial charge on any atom is -0.469 e. The molecule has 0 aliphatic heterocycles. The summed E-state index contributed by atoms with van der Waals surface area (Å²) in [6, 6.07) is 7.88. The van der Waals surface area contributed by atoms with Gasteiger partial charge in [0.25, 0.3) is 0 Å². The van der Waals surface area contributed by atoms with Crippen molar-refractivity contribution in [1.82, 2.24) is 4.57 Å². The second kappa shape index (κ2) is 9.07. The van der Waals surface area contributed by atoms with Gasteiger partial charge in [-0.3, -0.25) is 14.4 Å². The zero-order valence-electron chi connectivity index (χ0n) is 17.2. The van der Waals surface area contributed by atoms with Gasteiger partial charge in [0, 0.05) is 23.5 Å². The second-order valence-electron chi connectivity index (χ2n) is 7.48. The van der Waals surface area contributed by atoms with Crippen molar-refractivity contribution in [3.8, 4) is 0 Å². The van der Waals surface area contributed by atoms with Gasteiger partial charge in [-0.2, -0.15) is 0 Å². The fourth-order valence-corrected chi connectivity index (χ4v) is 3.91. The van der Waals surface area contributed by atoms with Gasteiger partial charge in [-0.15, -0.1) is 0 Å². The molecule has 1 aliphatic carbocycles. The first-order chi connectivity index (χ1) is 13.9. The molecule has 0 N–H and O–H groups in total. The van der Waals surface area contributed by atoms with Crippen molar-refractivity contribution in [1.29, 1.82) is 0 Å². The highest BCUT2D eigenvalue weighted by Gasteiger charge is 2.18. The Kier molecular flexibility index (Phi) is 6.52. The number of ketones is 1. The van der Waals surface area contributed by atoms with Gasteiger partial charge in [0.1, 0.15) is 0 Å². The van der Waals surface area contributed by atoms with Crippen LogP contribution in [0.2, 0.25) is 0 Å². The number of nitrogens with zero attached hydrogens (tertiary/aromatic N) is 1. The quantitative estimate of drug-likeness (QED) is 0.505. The number of hydrogen-bond donors (Lipinski definition) is 0. The summed E-state index contributed by atoms with van der Waals surface area (Å²) in [6.07, 6.45) is 3.72. The number of Topliss-reactive ketones (excluding diaryl/α,β-unsaturated/α-hetero) is 1. The minimum atomic E-state index is -0.407. The van der Waals surface area contributed by atoms with Crippen LogP contribution in [-0.4, -0.2) is 36.0 Å². The molecule has 0 amide bonds. The molecule has 1 aromatic heterocycles. The van der Waals surface area contributed by atoms with E-state index < -0.39 is 5.97 Å². The van der Waals surface area contributed by atoms with Crippen LogP contribution in [0.5, 0.6) is 0 Å². The third-order valence-electron chi connectivity index (χ3n) is 5.52. The normalized spacial score (nSPS) is 12.5. The highest BCUT2D eigenvalue weighted by Crippen LogP contribution is 2.23. The SMILES string of the molecule is COC(=O)CCn1c(C)cc(C(=O)COC(=O)Cc2ccc3c(c2)CCC3)c1C. The summed E-state index contributed by atoms with van der Waals surface area (Å²) in [5.41, 5.74) is 5.73. The van der Waals surface area contributed by atoms with Crippen LogP contribution in [0.25, 0.3) is 0 Å². The molecule has 1 aromatic carbocycles. The first kappa shape index (κ1) is 20.8. The van der Waals surface area contributed by atoms with Crippen LogP contribution in [0.4, 0.5) is 0 Å². The van der Waals surface area contributed by atoms with Crippen molar-refractivity contribution in [2.45, 2.75) is 52.5 Å². The van der Waals surface area contributed by atoms with Crippen LogP contribution < -0.4 is 0 Å². The number of aryl methyl sites for hydroxylation is 3. The maximum atomic E-state index is 12.6. The first-order valence-electron chi connectivity index (χ1n) is 9.92. The number of ether oxygens (including phenoxy) is 2. The molecule has 6 heteroatoms. The van der Waals surface area contributed by atoms with Gasteiger partial charge in [-0.05, 0) is 55.9 Å². The number of hydrogen-bond acceptors (Lipinski definition) is 5. The van der Waals surface area contributed by atoms with Crippen molar-refractivity contribution in [3.63, 3.8) is 0 Å². The lowest BCUT2D eigenvalue weighted by atomic mass is 10.0. The molecular formula is C23H27NO5. The Bertz CT molecular complexity index is 941. The van der Waals surface area contributed by atoms with E-state index in [0.717, 1.165) is 36.2 Å². The number of carbonyl (C=O) groups excluding carboxylic acids is 3. The number of esters is 2. The van der Waals surface area contributed by atoms with Crippen molar-refractivity contribution < 1.29 is 23.9 Å². The Balaban J connectivity index is 1.56. The summed E-state index contributed by atoms with van der Waals surface area (Å²) in [7, 11) is 1.35. The van der Waals surface area contributed by atoms with Crippen molar-refractivity contribution in [3.05, 3.63) is 57.9 Å². The van der Waals surface area contributed by atoms with Crippen LogP contribution in [0.3, 0.4) is 0 Å². The second-order valence-corrected chi connectivity index (χ2v) is 7.48. The van der Waals surface area contributed by atoms with Gasteiger partial charge < -0.3 is 14.0 Å². The van der Waals surface area contributed by atoms with E-state index >= 15 is 0 Å².